The molecule has 0 amide bonds. The van der Waals surface area contributed by atoms with E-state index in [1.807, 2.05) is 0 Å². The third kappa shape index (κ3) is 4.51. The van der Waals surface area contributed by atoms with E-state index < -0.39 is 0 Å². The van der Waals surface area contributed by atoms with Crippen LogP contribution in [0, 0.1) is 11.8 Å². The molecule has 0 aromatic carbocycles. The fourth-order valence-electron chi connectivity index (χ4n) is 2.01. The summed E-state index contributed by atoms with van der Waals surface area (Å²) in [5.41, 5.74) is 2.86. The molecule has 0 aromatic rings. The fourth-order valence-corrected chi connectivity index (χ4v) is 2.01. The van der Waals surface area contributed by atoms with Crippen molar-refractivity contribution in [3.8, 4) is 0 Å². The Kier molecular flexibility index (Phi) is 4.87. The van der Waals surface area contributed by atoms with E-state index in [0.29, 0.717) is 0 Å². The summed E-state index contributed by atoms with van der Waals surface area (Å²) in [5.74, 6) is 1.57. The minimum atomic E-state index is 0.763. The van der Waals surface area contributed by atoms with Crippen molar-refractivity contribution in [2.24, 2.45) is 11.8 Å². The van der Waals surface area contributed by atoms with Gasteiger partial charge in [0.05, 0.1) is 0 Å². The van der Waals surface area contributed by atoms with Crippen LogP contribution in [0.2, 0.25) is 0 Å². The van der Waals surface area contributed by atoms with Gasteiger partial charge in [-0.3, -0.25) is 0 Å². The minimum absolute atomic E-state index is 0.763. The van der Waals surface area contributed by atoms with Crippen LogP contribution in [0.3, 0.4) is 0 Å². The van der Waals surface area contributed by atoms with Crippen molar-refractivity contribution in [1.82, 2.24) is 0 Å². The number of rotatable bonds is 4. The molecular formula is C15H24. The first-order valence-corrected chi connectivity index (χ1v) is 6.08. The molecule has 0 aliphatic heterocycles. The average Bonchev–Trinajstić information content (AvgIpc) is 2.18. The summed E-state index contributed by atoms with van der Waals surface area (Å²) in [5, 5.41) is 0. The smallest absolute Gasteiger partial charge is 0.0170 e. The van der Waals surface area contributed by atoms with Crippen molar-refractivity contribution >= 4 is 0 Å². The maximum absolute atomic E-state index is 2.39. The minimum Gasteiger partial charge on any atom is -0.0859 e. The van der Waals surface area contributed by atoms with E-state index in [9.17, 15) is 0 Å². The molecule has 0 nitrogen and oxygen atoms in total. The Bertz CT molecular complexity index is 274. The largest absolute Gasteiger partial charge is 0.0859 e. The third-order valence-corrected chi connectivity index (χ3v) is 3.22. The van der Waals surface area contributed by atoms with Gasteiger partial charge in [-0.15, -0.1) is 0 Å². The zero-order valence-corrected chi connectivity index (χ0v) is 10.6. The van der Waals surface area contributed by atoms with Gasteiger partial charge in [0, 0.05) is 0 Å². The molecule has 0 saturated heterocycles. The van der Waals surface area contributed by atoms with Gasteiger partial charge in [0.2, 0.25) is 0 Å². The molecule has 1 rings (SSSR count). The van der Waals surface area contributed by atoms with Crippen molar-refractivity contribution < 1.29 is 0 Å². The van der Waals surface area contributed by atoms with E-state index in [-0.39, 0.29) is 0 Å². The van der Waals surface area contributed by atoms with Crippen molar-refractivity contribution in [2.75, 3.05) is 0 Å². The standard InChI is InChI=1S/C15H24/c1-12(2)6-5-7-14(4)15-10-8-13(3)9-11-15/h6,8-10,14-15H,5,7,11H2,1-4H3/t14?,15-/m1/s1. The van der Waals surface area contributed by atoms with Gasteiger partial charge in [-0.25, -0.2) is 0 Å². The second kappa shape index (κ2) is 5.95. The Morgan fingerprint density at radius 2 is 2.27 bits per heavy atom. The number of hydrogen-bond acceptors (Lipinski definition) is 0. The lowest BCUT2D eigenvalue weighted by atomic mass is 9.84. The lowest BCUT2D eigenvalue weighted by molar-refractivity contribution is 0.403. The summed E-state index contributed by atoms with van der Waals surface area (Å²) >= 11 is 0. The molecule has 1 aliphatic carbocycles. The zero-order valence-electron chi connectivity index (χ0n) is 10.6. The molecule has 0 heterocycles. The molecule has 15 heavy (non-hydrogen) atoms. The van der Waals surface area contributed by atoms with Crippen LogP contribution in [-0.4, -0.2) is 0 Å². The fraction of sp³-hybridized carbons (Fsp3) is 0.600. The maximum Gasteiger partial charge on any atom is -0.0170 e. The van der Waals surface area contributed by atoms with Crippen molar-refractivity contribution in [1.29, 1.82) is 0 Å². The molecule has 0 spiro atoms. The highest BCUT2D eigenvalue weighted by molar-refractivity contribution is 5.21. The summed E-state index contributed by atoms with van der Waals surface area (Å²) in [4.78, 5) is 0. The lowest BCUT2D eigenvalue weighted by Gasteiger charge is -2.21. The topological polar surface area (TPSA) is 0 Å². The Morgan fingerprint density at radius 3 is 2.80 bits per heavy atom. The second-order valence-corrected chi connectivity index (χ2v) is 5.04. The van der Waals surface area contributed by atoms with E-state index >= 15 is 0 Å². The van der Waals surface area contributed by atoms with Gasteiger partial charge in [0.15, 0.2) is 0 Å². The van der Waals surface area contributed by atoms with Gasteiger partial charge in [-0.2, -0.15) is 0 Å². The summed E-state index contributed by atoms with van der Waals surface area (Å²) in [6.45, 7) is 8.91. The Labute approximate surface area is 94.8 Å². The molecule has 1 aliphatic rings. The van der Waals surface area contributed by atoms with Crippen LogP contribution in [0.1, 0.15) is 47.0 Å². The summed E-state index contributed by atoms with van der Waals surface area (Å²) in [6.07, 6.45) is 13.2. The molecular weight excluding hydrogens is 180 g/mol. The van der Waals surface area contributed by atoms with Gasteiger partial charge in [0.1, 0.15) is 0 Å². The zero-order chi connectivity index (χ0) is 11.3. The average molecular weight is 204 g/mol. The number of hydrogen-bond donors (Lipinski definition) is 0. The van der Waals surface area contributed by atoms with Crippen LogP contribution in [0.15, 0.2) is 35.5 Å². The molecule has 0 N–H and O–H groups in total. The molecule has 84 valence electrons. The first-order chi connectivity index (χ1) is 7.09. The molecule has 0 radical (unpaired) electrons. The number of allylic oxidation sites excluding steroid dienone is 6. The predicted molar refractivity (Wildman–Crippen MR) is 68.8 cm³/mol. The van der Waals surface area contributed by atoms with Crippen molar-refractivity contribution in [3.05, 3.63) is 35.5 Å². The normalized spacial score (nSPS) is 22.1. The molecule has 0 heteroatoms. The van der Waals surface area contributed by atoms with Crippen LogP contribution in [0.5, 0.6) is 0 Å². The van der Waals surface area contributed by atoms with Gasteiger partial charge < -0.3 is 0 Å². The van der Waals surface area contributed by atoms with Crippen molar-refractivity contribution in [3.63, 3.8) is 0 Å². The first-order valence-electron chi connectivity index (χ1n) is 6.08. The monoisotopic (exact) mass is 204 g/mol. The van der Waals surface area contributed by atoms with Crippen LogP contribution in [0.4, 0.5) is 0 Å². The van der Waals surface area contributed by atoms with Crippen LogP contribution < -0.4 is 0 Å². The predicted octanol–water partition coefficient (Wildman–Crippen LogP) is 4.89. The van der Waals surface area contributed by atoms with Crippen LogP contribution in [-0.2, 0) is 0 Å². The SMILES string of the molecule is CC(C)=CCCC(C)[C@@H]1C=CC(C)=CC1. The quantitative estimate of drug-likeness (QED) is 0.572. The summed E-state index contributed by atoms with van der Waals surface area (Å²) in [7, 11) is 0. The van der Waals surface area contributed by atoms with E-state index in [1.165, 1.54) is 30.4 Å². The highest BCUT2D eigenvalue weighted by atomic mass is 14.2. The highest BCUT2D eigenvalue weighted by Crippen LogP contribution is 2.26. The Morgan fingerprint density at radius 1 is 1.53 bits per heavy atom. The maximum atomic E-state index is 2.39. The Hall–Kier alpha value is -0.780. The van der Waals surface area contributed by atoms with Crippen LogP contribution >= 0.6 is 0 Å². The second-order valence-electron chi connectivity index (χ2n) is 5.04. The van der Waals surface area contributed by atoms with E-state index in [2.05, 4.69) is 52.0 Å². The van der Waals surface area contributed by atoms with Gasteiger partial charge in [0.25, 0.3) is 0 Å². The van der Waals surface area contributed by atoms with E-state index in [1.54, 1.807) is 0 Å². The summed E-state index contributed by atoms with van der Waals surface area (Å²) < 4.78 is 0. The highest BCUT2D eigenvalue weighted by Gasteiger charge is 2.14. The summed E-state index contributed by atoms with van der Waals surface area (Å²) in [6, 6.07) is 0. The van der Waals surface area contributed by atoms with E-state index in [4.69, 9.17) is 0 Å². The Balaban J connectivity index is 2.33. The van der Waals surface area contributed by atoms with Crippen LogP contribution in [0.25, 0.3) is 0 Å². The molecule has 0 fully saturated rings. The van der Waals surface area contributed by atoms with Gasteiger partial charge in [-0.05, 0) is 51.9 Å². The molecule has 0 bridgehead atoms. The van der Waals surface area contributed by atoms with Crippen molar-refractivity contribution in [2.45, 2.75) is 47.0 Å². The molecule has 2 atom stereocenters. The molecule has 0 aromatic heterocycles. The van der Waals surface area contributed by atoms with Gasteiger partial charge >= 0.3 is 0 Å². The third-order valence-electron chi connectivity index (χ3n) is 3.22. The van der Waals surface area contributed by atoms with E-state index in [0.717, 1.165) is 11.8 Å². The first kappa shape index (κ1) is 12.3. The van der Waals surface area contributed by atoms with Gasteiger partial charge in [-0.1, -0.05) is 42.4 Å². The molecule has 1 unspecified atom stereocenters. The lowest BCUT2D eigenvalue weighted by Crippen LogP contribution is -2.10. The molecule has 0 saturated carbocycles.